The number of rotatable bonds is 4. The molecule has 0 radical (unpaired) electrons. The molecule has 82 valence electrons. The molecule has 0 spiro atoms. The Balaban J connectivity index is 2.88. The predicted molar refractivity (Wildman–Crippen MR) is 63.3 cm³/mol. The molecule has 1 rings (SSSR count). The number of esters is 1. The third-order valence-corrected chi connectivity index (χ3v) is 3.14. The van der Waals surface area contributed by atoms with E-state index in [4.69, 9.17) is 0 Å². The van der Waals surface area contributed by atoms with E-state index < -0.39 is 0 Å². The van der Waals surface area contributed by atoms with Crippen LogP contribution in [-0.4, -0.2) is 19.3 Å². The Bertz CT molecular complexity index is 347. The molecule has 0 amide bonds. The Kier molecular flexibility index (Phi) is 4.69. The number of methoxy groups -OCH3 is 1. The fourth-order valence-electron chi connectivity index (χ4n) is 1.46. The van der Waals surface area contributed by atoms with Crippen molar-refractivity contribution in [3.8, 4) is 0 Å². The van der Waals surface area contributed by atoms with Crippen molar-refractivity contribution in [1.29, 1.82) is 0 Å². The second kappa shape index (κ2) is 5.81. The first-order valence-electron chi connectivity index (χ1n) is 4.93. The van der Waals surface area contributed by atoms with Crippen LogP contribution in [-0.2, 0) is 22.4 Å². The Morgan fingerprint density at radius 2 is 2.20 bits per heavy atom. The van der Waals surface area contributed by atoms with Gasteiger partial charge in [0.25, 0.3) is 0 Å². The van der Waals surface area contributed by atoms with Crippen molar-refractivity contribution >= 4 is 17.7 Å². The summed E-state index contributed by atoms with van der Waals surface area (Å²) in [5.74, 6) is -0.186. The molecule has 0 fully saturated rings. The van der Waals surface area contributed by atoms with E-state index in [1.54, 1.807) is 11.8 Å². The zero-order valence-electron chi connectivity index (χ0n) is 9.37. The third-order valence-electron chi connectivity index (χ3n) is 2.30. The molecule has 0 N–H and O–H groups in total. The number of hydrogen-bond donors (Lipinski definition) is 0. The number of benzene rings is 1. The summed E-state index contributed by atoms with van der Waals surface area (Å²) in [4.78, 5) is 12.4. The van der Waals surface area contributed by atoms with Crippen LogP contribution >= 0.6 is 11.8 Å². The number of aryl methyl sites for hydroxylation is 1. The minimum Gasteiger partial charge on any atom is -0.469 e. The lowest BCUT2D eigenvalue weighted by atomic mass is 10.1. The molecule has 0 heterocycles. The molecular weight excluding hydrogens is 208 g/mol. The Hall–Kier alpha value is -0.960. The third kappa shape index (κ3) is 3.27. The summed E-state index contributed by atoms with van der Waals surface area (Å²) in [5, 5.41) is 0. The minimum absolute atomic E-state index is 0.186. The summed E-state index contributed by atoms with van der Waals surface area (Å²) in [5.41, 5.74) is 2.32. The summed E-state index contributed by atoms with van der Waals surface area (Å²) < 4.78 is 4.64. The van der Waals surface area contributed by atoms with Gasteiger partial charge in [-0.2, -0.15) is 0 Å². The van der Waals surface area contributed by atoms with Crippen molar-refractivity contribution in [3.63, 3.8) is 0 Å². The molecule has 0 aromatic heterocycles. The summed E-state index contributed by atoms with van der Waals surface area (Å²) in [6.07, 6.45) is 3.41. The molecule has 0 bridgehead atoms. The molecule has 1 aromatic rings. The van der Waals surface area contributed by atoms with Crippen LogP contribution in [0.4, 0.5) is 0 Å². The quantitative estimate of drug-likeness (QED) is 0.581. The van der Waals surface area contributed by atoms with Gasteiger partial charge in [0, 0.05) is 4.90 Å². The highest BCUT2D eigenvalue weighted by Gasteiger charge is 2.05. The van der Waals surface area contributed by atoms with Gasteiger partial charge in [-0.3, -0.25) is 4.79 Å². The van der Waals surface area contributed by atoms with Crippen LogP contribution < -0.4 is 0 Å². The van der Waals surface area contributed by atoms with Crippen LogP contribution in [0, 0.1) is 0 Å². The second-order valence-electron chi connectivity index (χ2n) is 3.25. The number of carbonyl (C=O) groups excluding carboxylic acids is 1. The molecule has 15 heavy (non-hydrogen) atoms. The van der Waals surface area contributed by atoms with Gasteiger partial charge in [0.1, 0.15) is 0 Å². The standard InChI is InChI=1S/C12H16O2S/c1-4-10-7-9(8-12(13)14-2)5-6-11(10)15-3/h5-7H,4,8H2,1-3H3. The van der Waals surface area contributed by atoms with Crippen molar-refractivity contribution in [2.24, 2.45) is 0 Å². The van der Waals surface area contributed by atoms with Crippen LogP contribution in [0.3, 0.4) is 0 Å². The van der Waals surface area contributed by atoms with Crippen LogP contribution in [0.1, 0.15) is 18.1 Å². The smallest absolute Gasteiger partial charge is 0.309 e. The minimum atomic E-state index is -0.186. The normalized spacial score (nSPS) is 10.1. The maximum absolute atomic E-state index is 11.1. The Morgan fingerprint density at radius 1 is 1.47 bits per heavy atom. The fraction of sp³-hybridized carbons (Fsp3) is 0.417. The summed E-state index contributed by atoms with van der Waals surface area (Å²) in [7, 11) is 1.42. The van der Waals surface area contributed by atoms with E-state index in [0.29, 0.717) is 6.42 Å². The lowest BCUT2D eigenvalue weighted by molar-refractivity contribution is -0.139. The summed E-state index contributed by atoms with van der Waals surface area (Å²) >= 11 is 1.74. The lowest BCUT2D eigenvalue weighted by Gasteiger charge is -2.07. The number of carbonyl (C=O) groups is 1. The van der Waals surface area contributed by atoms with Gasteiger partial charge in [0.2, 0.25) is 0 Å². The van der Waals surface area contributed by atoms with Crippen molar-refractivity contribution < 1.29 is 9.53 Å². The molecule has 0 saturated carbocycles. The van der Waals surface area contributed by atoms with Gasteiger partial charge < -0.3 is 4.74 Å². The van der Waals surface area contributed by atoms with E-state index in [0.717, 1.165) is 12.0 Å². The number of hydrogen-bond acceptors (Lipinski definition) is 3. The maximum Gasteiger partial charge on any atom is 0.309 e. The predicted octanol–water partition coefficient (Wildman–Crippen LogP) is 2.69. The van der Waals surface area contributed by atoms with Crippen LogP contribution in [0.25, 0.3) is 0 Å². The highest BCUT2D eigenvalue weighted by atomic mass is 32.2. The van der Waals surface area contributed by atoms with Gasteiger partial charge in [0.05, 0.1) is 13.5 Å². The fourth-order valence-corrected chi connectivity index (χ4v) is 2.13. The zero-order chi connectivity index (χ0) is 11.3. The van der Waals surface area contributed by atoms with E-state index >= 15 is 0 Å². The Labute approximate surface area is 95.0 Å². The first kappa shape index (κ1) is 12.1. The van der Waals surface area contributed by atoms with Crippen molar-refractivity contribution in [3.05, 3.63) is 29.3 Å². The van der Waals surface area contributed by atoms with Gasteiger partial charge >= 0.3 is 5.97 Å². The average molecular weight is 224 g/mol. The van der Waals surface area contributed by atoms with Crippen LogP contribution in [0.5, 0.6) is 0 Å². The SMILES string of the molecule is CCc1cc(CC(=O)OC)ccc1SC. The highest BCUT2D eigenvalue weighted by molar-refractivity contribution is 7.98. The van der Waals surface area contributed by atoms with E-state index in [9.17, 15) is 4.79 Å². The average Bonchev–Trinajstić information content (AvgIpc) is 2.28. The topological polar surface area (TPSA) is 26.3 Å². The number of thioether (sulfide) groups is 1. The van der Waals surface area contributed by atoms with Gasteiger partial charge in [-0.25, -0.2) is 0 Å². The van der Waals surface area contributed by atoms with Crippen molar-refractivity contribution in [2.75, 3.05) is 13.4 Å². The van der Waals surface area contributed by atoms with E-state index in [2.05, 4.69) is 30.0 Å². The van der Waals surface area contributed by atoms with Gasteiger partial charge in [-0.1, -0.05) is 19.1 Å². The summed E-state index contributed by atoms with van der Waals surface area (Å²) in [6.45, 7) is 2.12. The molecule has 2 nitrogen and oxygen atoms in total. The molecule has 0 atom stereocenters. The highest BCUT2D eigenvalue weighted by Crippen LogP contribution is 2.22. The first-order chi connectivity index (χ1) is 7.21. The number of ether oxygens (including phenoxy) is 1. The van der Waals surface area contributed by atoms with Gasteiger partial charge in [-0.05, 0) is 29.9 Å². The molecule has 0 aliphatic carbocycles. The molecule has 1 aromatic carbocycles. The first-order valence-corrected chi connectivity index (χ1v) is 6.16. The molecule has 0 unspecified atom stereocenters. The zero-order valence-corrected chi connectivity index (χ0v) is 10.2. The van der Waals surface area contributed by atoms with E-state index in [1.807, 2.05) is 6.07 Å². The molecule has 0 aliphatic rings. The molecule has 0 saturated heterocycles. The van der Waals surface area contributed by atoms with Gasteiger partial charge in [0.15, 0.2) is 0 Å². The summed E-state index contributed by atoms with van der Waals surface area (Å²) in [6, 6.07) is 6.15. The monoisotopic (exact) mass is 224 g/mol. The van der Waals surface area contributed by atoms with Gasteiger partial charge in [-0.15, -0.1) is 11.8 Å². The molecular formula is C12H16O2S. The largest absolute Gasteiger partial charge is 0.469 e. The van der Waals surface area contributed by atoms with Crippen molar-refractivity contribution in [2.45, 2.75) is 24.7 Å². The maximum atomic E-state index is 11.1. The van der Waals surface area contributed by atoms with E-state index in [-0.39, 0.29) is 5.97 Å². The Morgan fingerprint density at radius 3 is 2.73 bits per heavy atom. The van der Waals surface area contributed by atoms with E-state index in [1.165, 1.54) is 17.6 Å². The van der Waals surface area contributed by atoms with Crippen molar-refractivity contribution in [1.82, 2.24) is 0 Å². The van der Waals surface area contributed by atoms with Crippen LogP contribution in [0.15, 0.2) is 23.1 Å². The molecule has 3 heteroatoms. The molecule has 0 aliphatic heterocycles. The second-order valence-corrected chi connectivity index (χ2v) is 4.10. The lowest BCUT2D eigenvalue weighted by Crippen LogP contribution is -2.04. The van der Waals surface area contributed by atoms with Crippen LogP contribution in [0.2, 0.25) is 0 Å².